The average Bonchev–Trinajstić information content (AvgIpc) is 2.37. The molecule has 0 aromatic heterocycles. The molecule has 0 saturated heterocycles. The minimum absolute atomic E-state index is 0.154. The van der Waals surface area contributed by atoms with Gasteiger partial charge in [0.05, 0.1) is 12.8 Å². The maximum absolute atomic E-state index is 11.9. The van der Waals surface area contributed by atoms with Crippen molar-refractivity contribution < 1.29 is 13.2 Å². The first kappa shape index (κ1) is 17.7. The van der Waals surface area contributed by atoms with Gasteiger partial charge in [0.15, 0.2) is 0 Å². The maximum Gasteiger partial charge on any atom is 0.239 e. The van der Waals surface area contributed by atoms with E-state index in [2.05, 4.69) is 19.2 Å². The molecule has 0 aliphatic carbocycles. The molecule has 1 N–H and O–H groups in total. The third kappa shape index (κ3) is 5.85. The van der Waals surface area contributed by atoms with E-state index in [1.54, 1.807) is 0 Å². The number of amides is 1. The topological polar surface area (TPSA) is 66.5 Å². The Morgan fingerprint density at radius 3 is 2.24 bits per heavy atom. The average molecular weight is 312 g/mol. The SMILES string of the molecule is CCCN(CC(=O)Nc1ccc(C(C)C)cc1)S(C)(=O)=O. The zero-order valence-corrected chi connectivity index (χ0v) is 13.9. The highest BCUT2D eigenvalue weighted by atomic mass is 32.2. The molecular weight excluding hydrogens is 288 g/mol. The van der Waals surface area contributed by atoms with Crippen molar-refractivity contribution in [1.29, 1.82) is 0 Å². The highest BCUT2D eigenvalue weighted by Crippen LogP contribution is 2.17. The smallest absolute Gasteiger partial charge is 0.239 e. The van der Waals surface area contributed by atoms with Crippen LogP contribution in [0.4, 0.5) is 5.69 Å². The molecule has 0 atom stereocenters. The predicted octanol–water partition coefficient (Wildman–Crippen LogP) is 2.42. The summed E-state index contributed by atoms with van der Waals surface area (Å²) in [6, 6.07) is 7.58. The lowest BCUT2D eigenvalue weighted by Gasteiger charge is -2.18. The van der Waals surface area contributed by atoms with Gasteiger partial charge in [-0.15, -0.1) is 0 Å². The minimum Gasteiger partial charge on any atom is -0.325 e. The van der Waals surface area contributed by atoms with E-state index in [4.69, 9.17) is 0 Å². The lowest BCUT2D eigenvalue weighted by Crippen LogP contribution is -2.37. The fourth-order valence-corrected chi connectivity index (χ4v) is 2.79. The Bertz CT molecular complexity index is 565. The van der Waals surface area contributed by atoms with Crippen LogP contribution in [0.25, 0.3) is 0 Å². The van der Waals surface area contributed by atoms with Crippen LogP contribution in [0.3, 0.4) is 0 Å². The summed E-state index contributed by atoms with van der Waals surface area (Å²) < 4.78 is 24.3. The van der Waals surface area contributed by atoms with Gasteiger partial charge in [0, 0.05) is 12.2 Å². The van der Waals surface area contributed by atoms with E-state index < -0.39 is 10.0 Å². The Morgan fingerprint density at radius 2 is 1.81 bits per heavy atom. The maximum atomic E-state index is 11.9. The highest BCUT2D eigenvalue weighted by molar-refractivity contribution is 7.88. The summed E-state index contributed by atoms with van der Waals surface area (Å²) in [5.41, 5.74) is 1.87. The monoisotopic (exact) mass is 312 g/mol. The number of carbonyl (C=O) groups is 1. The van der Waals surface area contributed by atoms with Gasteiger partial charge in [-0.25, -0.2) is 8.42 Å². The third-order valence-electron chi connectivity index (χ3n) is 3.12. The van der Waals surface area contributed by atoms with Crippen LogP contribution in [0.5, 0.6) is 0 Å². The summed E-state index contributed by atoms with van der Waals surface area (Å²) in [6.07, 6.45) is 1.79. The minimum atomic E-state index is -3.36. The van der Waals surface area contributed by atoms with Crippen molar-refractivity contribution in [1.82, 2.24) is 4.31 Å². The third-order valence-corrected chi connectivity index (χ3v) is 4.37. The number of anilines is 1. The summed E-state index contributed by atoms with van der Waals surface area (Å²) in [7, 11) is -3.36. The van der Waals surface area contributed by atoms with Crippen LogP contribution in [0.15, 0.2) is 24.3 Å². The Hall–Kier alpha value is -1.40. The number of hydrogen-bond acceptors (Lipinski definition) is 3. The van der Waals surface area contributed by atoms with Gasteiger partial charge in [-0.05, 0) is 30.0 Å². The van der Waals surface area contributed by atoms with Gasteiger partial charge in [0.2, 0.25) is 15.9 Å². The molecule has 0 saturated carbocycles. The summed E-state index contributed by atoms with van der Waals surface area (Å²) >= 11 is 0. The van der Waals surface area contributed by atoms with Crippen LogP contribution < -0.4 is 5.32 Å². The molecule has 0 unspecified atom stereocenters. The molecule has 0 bridgehead atoms. The summed E-state index contributed by atoms with van der Waals surface area (Å²) in [6.45, 7) is 6.27. The molecule has 1 rings (SSSR count). The number of carbonyl (C=O) groups excluding carboxylic acids is 1. The molecule has 1 aromatic rings. The van der Waals surface area contributed by atoms with Crippen LogP contribution in [0.2, 0.25) is 0 Å². The first-order chi connectivity index (χ1) is 9.74. The second kappa shape index (κ2) is 7.56. The number of benzene rings is 1. The van der Waals surface area contributed by atoms with E-state index in [1.807, 2.05) is 31.2 Å². The molecule has 0 radical (unpaired) electrons. The van der Waals surface area contributed by atoms with E-state index in [9.17, 15) is 13.2 Å². The van der Waals surface area contributed by atoms with Crippen LogP contribution in [-0.2, 0) is 14.8 Å². The lowest BCUT2D eigenvalue weighted by atomic mass is 10.0. The zero-order valence-electron chi connectivity index (χ0n) is 13.1. The Kier molecular flexibility index (Phi) is 6.36. The van der Waals surface area contributed by atoms with Crippen molar-refractivity contribution in [3.05, 3.63) is 29.8 Å². The first-order valence-electron chi connectivity index (χ1n) is 7.09. The Morgan fingerprint density at radius 1 is 1.24 bits per heavy atom. The van der Waals surface area contributed by atoms with E-state index in [-0.39, 0.29) is 12.5 Å². The van der Waals surface area contributed by atoms with Gasteiger partial charge in [-0.3, -0.25) is 4.79 Å². The molecule has 6 heteroatoms. The molecular formula is C15H24N2O3S. The fourth-order valence-electron chi connectivity index (χ4n) is 1.92. The van der Waals surface area contributed by atoms with Crippen molar-refractivity contribution in [2.24, 2.45) is 0 Å². The predicted molar refractivity (Wildman–Crippen MR) is 85.9 cm³/mol. The number of nitrogens with one attached hydrogen (secondary N) is 1. The molecule has 0 aliphatic heterocycles. The molecule has 1 amide bonds. The van der Waals surface area contributed by atoms with E-state index >= 15 is 0 Å². The molecule has 0 aliphatic rings. The summed E-state index contributed by atoms with van der Waals surface area (Å²) in [4.78, 5) is 11.9. The van der Waals surface area contributed by atoms with Crippen molar-refractivity contribution in [2.45, 2.75) is 33.1 Å². The second-order valence-electron chi connectivity index (χ2n) is 5.42. The standard InChI is InChI=1S/C15H24N2O3S/c1-5-10-17(21(4,19)20)11-15(18)16-14-8-6-13(7-9-14)12(2)3/h6-9,12H,5,10-11H2,1-4H3,(H,16,18). The summed E-state index contributed by atoms with van der Waals surface area (Å²) in [5.74, 6) is 0.103. The van der Waals surface area contributed by atoms with E-state index in [0.29, 0.717) is 24.6 Å². The van der Waals surface area contributed by atoms with Gasteiger partial charge < -0.3 is 5.32 Å². The largest absolute Gasteiger partial charge is 0.325 e. The number of sulfonamides is 1. The number of nitrogens with zero attached hydrogens (tertiary/aromatic N) is 1. The summed E-state index contributed by atoms with van der Waals surface area (Å²) in [5, 5.41) is 2.72. The molecule has 118 valence electrons. The van der Waals surface area contributed by atoms with E-state index in [1.165, 1.54) is 9.87 Å². The zero-order chi connectivity index (χ0) is 16.0. The van der Waals surface area contributed by atoms with Gasteiger partial charge in [-0.1, -0.05) is 32.9 Å². The Balaban J connectivity index is 2.68. The number of rotatable bonds is 7. The van der Waals surface area contributed by atoms with Crippen LogP contribution in [-0.4, -0.2) is 38.0 Å². The first-order valence-corrected chi connectivity index (χ1v) is 8.93. The van der Waals surface area contributed by atoms with E-state index in [0.717, 1.165) is 6.26 Å². The Labute approximate surface area is 127 Å². The molecule has 0 heterocycles. The molecule has 0 fully saturated rings. The molecule has 1 aromatic carbocycles. The normalized spacial score (nSPS) is 11.9. The molecule has 5 nitrogen and oxygen atoms in total. The fraction of sp³-hybridized carbons (Fsp3) is 0.533. The van der Waals surface area contributed by atoms with Crippen LogP contribution in [0, 0.1) is 0 Å². The molecule has 21 heavy (non-hydrogen) atoms. The van der Waals surface area contributed by atoms with Gasteiger partial charge >= 0.3 is 0 Å². The van der Waals surface area contributed by atoms with Gasteiger partial charge in [0.1, 0.15) is 0 Å². The van der Waals surface area contributed by atoms with Crippen molar-refractivity contribution >= 4 is 21.6 Å². The van der Waals surface area contributed by atoms with Crippen LogP contribution in [0.1, 0.15) is 38.7 Å². The number of hydrogen-bond donors (Lipinski definition) is 1. The van der Waals surface area contributed by atoms with Gasteiger partial charge in [0.25, 0.3) is 0 Å². The van der Waals surface area contributed by atoms with Crippen molar-refractivity contribution in [3.8, 4) is 0 Å². The highest BCUT2D eigenvalue weighted by Gasteiger charge is 2.19. The quantitative estimate of drug-likeness (QED) is 0.841. The lowest BCUT2D eigenvalue weighted by molar-refractivity contribution is -0.116. The van der Waals surface area contributed by atoms with Crippen molar-refractivity contribution in [3.63, 3.8) is 0 Å². The molecule has 0 spiro atoms. The van der Waals surface area contributed by atoms with Crippen LogP contribution >= 0.6 is 0 Å². The van der Waals surface area contributed by atoms with Crippen molar-refractivity contribution in [2.75, 3.05) is 24.7 Å². The van der Waals surface area contributed by atoms with Gasteiger partial charge in [-0.2, -0.15) is 4.31 Å². The second-order valence-corrected chi connectivity index (χ2v) is 7.40.